The molecule has 1 unspecified atom stereocenters. The summed E-state index contributed by atoms with van der Waals surface area (Å²) in [7, 11) is -0.506. The van der Waals surface area contributed by atoms with Crippen molar-refractivity contribution in [3.8, 4) is 6.07 Å². The lowest BCUT2D eigenvalue weighted by molar-refractivity contribution is 0.0599. The maximum atomic E-state index is 12.0. The molecule has 1 aromatic rings. The normalized spacial score (nSPS) is 13.2. The summed E-state index contributed by atoms with van der Waals surface area (Å²) in [6.07, 6.45) is 0.545. The molecule has 132 valence electrons. The zero-order valence-electron chi connectivity index (χ0n) is 15.3. The van der Waals surface area contributed by atoms with Gasteiger partial charge in [0.1, 0.15) is 0 Å². The number of benzene rings is 1. The van der Waals surface area contributed by atoms with E-state index in [1.807, 2.05) is 6.07 Å². The number of carbonyl (C=O) groups is 1. The van der Waals surface area contributed by atoms with E-state index in [0.717, 1.165) is 4.47 Å². The summed E-state index contributed by atoms with van der Waals surface area (Å²) < 4.78 is 11.8. The van der Waals surface area contributed by atoms with Crippen LogP contribution in [0, 0.1) is 11.3 Å². The second-order valence-corrected chi connectivity index (χ2v) is 13.0. The van der Waals surface area contributed by atoms with Gasteiger partial charge in [-0.15, -0.1) is 0 Å². The van der Waals surface area contributed by atoms with Crippen LogP contribution in [0.2, 0.25) is 18.1 Å². The third kappa shape index (κ3) is 5.17. The summed E-state index contributed by atoms with van der Waals surface area (Å²) in [5.41, 5.74) is 1.11. The molecule has 0 aromatic heterocycles. The monoisotopic (exact) mass is 411 g/mol. The number of hydrogen-bond acceptors (Lipinski definition) is 4. The lowest BCUT2D eigenvalue weighted by atomic mass is 9.93. The summed E-state index contributed by atoms with van der Waals surface area (Å²) in [4.78, 5) is 12.0. The standard InChI is InChI=1S/C18H26BrNO3Si/c1-18(2,3)24(5,6)23-10-9-13(12-20)16-11-14(19)7-8-15(16)17(21)22-4/h7-8,11,13H,9-10H2,1-6H3. The Hall–Kier alpha value is -1.16. The molecule has 6 heteroatoms. The lowest BCUT2D eigenvalue weighted by Crippen LogP contribution is -2.41. The maximum Gasteiger partial charge on any atom is 0.338 e. The van der Waals surface area contributed by atoms with Crippen molar-refractivity contribution < 1.29 is 14.0 Å². The molecule has 0 amide bonds. The number of rotatable bonds is 6. The van der Waals surface area contributed by atoms with Crippen LogP contribution >= 0.6 is 15.9 Å². The number of nitrogens with zero attached hydrogens (tertiary/aromatic N) is 1. The van der Waals surface area contributed by atoms with Crippen LogP contribution in [0.5, 0.6) is 0 Å². The van der Waals surface area contributed by atoms with E-state index in [-0.39, 0.29) is 5.04 Å². The maximum absolute atomic E-state index is 12.0. The van der Waals surface area contributed by atoms with Crippen molar-refractivity contribution in [2.45, 2.75) is 51.2 Å². The molecule has 0 aliphatic carbocycles. The molecule has 24 heavy (non-hydrogen) atoms. The highest BCUT2D eigenvalue weighted by Crippen LogP contribution is 2.37. The van der Waals surface area contributed by atoms with Gasteiger partial charge in [0.15, 0.2) is 8.32 Å². The fraction of sp³-hybridized carbons (Fsp3) is 0.556. The van der Waals surface area contributed by atoms with Crippen LogP contribution in [-0.2, 0) is 9.16 Å². The highest BCUT2D eigenvalue weighted by atomic mass is 79.9. The number of hydrogen-bond donors (Lipinski definition) is 0. The van der Waals surface area contributed by atoms with Crippen molar-refractivity contribution in [3.63, 3.8) is 0 Å². The van der Waals surface area contributed by atoms with E-state index >= 15 is 0 Å². The number of nitriles is 1. The Labute approximate surface area is 154 Å². The van der Waals surface area contributed by atoms with Gasteiger partial charge in [-0.2, -0.15) is 5.26 Å². The van der Waals surface area contributed by atoms with Gasteiger partial charge in [0.2, 0.25) is 0 Å². The second kappa shape index (κ2) is 8.28. The van der Waals surface area contributed by atoms with Crippen LogP contribution in [0.15, 0.2) is 22.7 Å². The molecular formula is C18H26BrNO3Si. The Morgan fingerprint density at radius 1 is 1.38 bits per heavy atom. The summed E-state index contributed by atoms with van der Waals surface area (Å²) >= 11 is 3.40. The first-order valence-corrected chi connectivity index (χ1v) is 11.6. The smallest absolute Gasteiger partial charge is 0.338 e. The minimum atomic E-state index is -1.85. The first-order chi connectivity index (χ1) is 11.0. The minimum absolute atomic E-state index is 0.127. The molecule has 0 spiro atoms. The van der Waals surface area contributed by atoms with Crippen LogP contribution in [0.4, 0.5) is 0 Å². The molecule has 0 saturated carbocycles. The molecule has 0 radical (unpaired) electrons. The molecule has 1 aromatic carbocycles. The van der Waals surface area contributed by atoms with E-state index in [0.29, 0.717) is 24.2 Å². The van der Waals surface area contributed by atoms with Crippen molar-refractivity contribution in [1.82, 2.24) is 0 Å². The quantitative estimate of drug-likeness (QED) is 0.473. The molecular weight excluding hydrogens is 386 g/mol. The van der Waals surface area contributed by atoms with E-state index in [4.69, 9.17) is 9.16 Å². The first-order valence-electron chi connectivity index (χ1n) is 7.95. The van der Waals surface area contributed by atoms with E-state index in [9.17, 15) is 10.1 Å². The Morgan fingerprint density at radius 3 is 2.50 bits per heavy atom. The largest absolute Gasteiger partial charge is 0.465 e. The lowest BCUT2D eigenvalue weighted by Gasteiger charge is -2.36. The summed E-state index contributed by atoms with van der Waals surface area (Å²) in [5.74, 6) is -0.843. The van der Waals surface area contributed by atoms with Gasteiger partial charge in [0.25, 0.3) is 0 Å². The van der Waals surface area contributed by atoms with Gasteiger partial charge in [-0.05, 0) is 48.3 Å². The van der Waals surface area contributed by atoms with Gasteiger partial charge >= 0.3 is 5.97 Å². The molecule has 0 aliphatic heterocycles. The van der Waals surface area contributed by atoms with Gasteiger partial charge in [0.05, 0.1) is 24.7 Å². The number of ether oxygens (including phenoxy) is 1. The van der Waals surface area contributed by atoms with E-state index < -0.39 is 20.2 Å². The highest BCUT2D eigenvalue weighted by molar-refractivity contribution is 9.10. The molecule has 0 saturated heterocycles. The van der Waals surface area contributed by atoms with Gasteiger partial charge in [0, 0.05) is 11.1 Å². The van der Waals surface area contributed by atoms with E-state index in [2.05, 4.69) is 55.9 Å². The Kier molecular flexibility index (Phi) is 7.20. The average Bonchev–Trinajstić information content (AvgIpc) is 2.49. The van der Waals surface area contributed by atoms with E-state index in [1.165, 1.54) is 7.11 Å². The van der Waals surface area contributed by atoms with Gasteiger partial charge < -0.3 is 9.16 Å². The second-order valence-electron chi connectivity index (χ2n) is 7.30. The van der Waals surface area contributed by atoms with Crippen molar-refractivity contribution in [2.75, 3.05) is 13.7 Å². The highest BCUT2D eigenvalue weighted by Gasteiger charge is 2.37. The topological polar surface area (TPSA) is 59.3 Å². The molecule has 0 bridgehead atoms. The molecule has 0 heterocycles. The molecule has 0 fully saturated rings. The fourth-order valence-electron chi connectivity index (χ4n) is 2.06. The van der Waals surface area contributed by atoms with Crippen molar-refractivity contribution in [2.24, 2.45) is 0 Å². The molecule has 0 aliphatic rings. The molecule has 1 rings (SSSR count). The van der Waals surface area contributed by atoms with Gasteiger partial charge in [-0.25, -0.2) is 4.79 Å². The minimum Gasteiger partial charge on any atom is -0.465 e. The third-order valence-corrected chi connectivity index (χ3v) is 9.66. The number of esters is 1. The summed E-state index contributed by atoms with van der Waals surface area (Å²) in [5, 5.41) is 9.70. The molecule has 4 nitrogen and oxygen atoms in total. The Morgan fingerprint density at radius 2 is 2.00 bits per heavy atom. The zero-order valence-corrected chi connectivity index (χ0v) is 17.9. The number of methoxy groups -OCH3 is 1. The first kappa shape index (κ1) is 20.9. The number of halogens is 1. The summed E-state index contributed by atoms with van der Waals surface area (Å²) in [6, 6.07) is 7.57. The van der Waals surface area contributed by atoms with E-state index in [1.54, 1.807) is 12.1 Å². The van der Waals surface area contributed by atoms with Crippen LogP contribution < -0.4 is 0 Å². The number of carbonyl (C=O) groups excluding carboxylic acids is 1. The third-order valence-electron chi connectivity index (χ3n) is 4.63. The van der Waals surface area contributed by atoms with Crippen LogP contribution in [0.3, 0.4) is 0 Å². The van der Waals surface area contributed by atoms with Crippen LogP contribution in [0.25, 0.3) is 0 Å². The molecule has 1 atom stereocenters. The average molecular weight is 412 g/mol. The van der Waals surface area contributed by atoms with Gasteiger partial charge in [-0.1, -0.05) is 36.7 Å². The summed E-state index contributed by atoms with van der Waals surface area (Å²) in [6.45, 7) is 11.4. The van der Waals surface area contributed by atoms with Crippen molar-refractivity contribution >= 4 is 30.2 Å². The van der Waals surface area contributed by atoms with Crippen molar-refractivity contribution in [3.05, 3.63) is 33.8 Å². The zero-order chi connectivity index (χ0) is 18.5. The van der Waals surface area contributed by atoms with Gasteiger partial charge in [-0.3, -0.25) is 0 Å². The van der Waals surface area contributed by atoms with Crippen LogP contribution in [0.1, 0.15) is 49.0 Å². The predicted molar refractivity (Wildman–Crippen MR) is 102 cm³/mol. The van der Waals surface area contributed by atoms with Crippen LogP contribution in [-0.4, -0.2) is 28.0 Å². The Bertz CT molecular complexity index is 632. The Balaban J connectivity index is 2.94. The predicted octanol–water partition coefficient (Wildman–Crippen LogP) is 5.25. The fourth-order valence-corrected chi connectivity index (χ4v) is 3.50. The SMILES string of the molecule is COC(=O)c1ccc(Br)cc1C(C#N)CCO[Si](C)(C)C(C)(C)C. The van der Waals surface area contributed by atoms with Crippen molar-refractivity contribution in [1.29, 1.82) is 5.26 Å². The molecule has 0 N–H and O–H groups in total.